The highest BCUT2D eigenvalue weighted by Gasteiger charge is 2.76. The molecule has 3 fully saturated rings. The predicted molar refractivity (Wildman–Crippen MR) is 197 cm³/mol. The van der Waals surface area contributed by atoms with Crippen LogP contribution in [0.5, 0.6) is 0 Å². The van der Waals surface area contributed by atoms with Gasteiger partial charge in [-0.2, -0.15) is 0 Å². The number of allylic oxidation sites excluding steroid dienone is 1. The van der Waals surface area contributed by atoms with Crippen LogP contribution in [0, 0.1) is 23.2 Å². The summed E-state index contributed by atoms with van der Waals surface area (Å²) in [5.74, 6) is -3.50. The lowest BCUT2D eigenvalue weighted by molar-refractivity contribution is -0.163. The Balaban J connectivity index is 1.76. The van der Waals surface area contributed by atoms with Crippen molar-refractivity contribution in [1.29, 1.82) is 0 Å². The topological polar surface area (TPSA) is 125 Å². The molecule has 1 spiro atoms. The lowest BCUT2D eigenvalue weighted by Crippen LogP contribution is -2.63. The van der Waals surface area contributed by atoms with Crippen LogP contribution >= 0.6 is 0 Å². The number of rotatable bonds is 17. The average molecular weight is 708 g/mol. The van der Waals surface area contributed by atoms with E-state index in [0.717, 1.165) is 0 Å². The molecule has 3 heterocycles. The number of ether oxygens (including phenoxy) is 2. The minimum atomic E-state index is -1.27. The molecule has 10 nitrogen and oxygen atoms in total. The minimum Gasteiger partial charge on any atom is -0.455 e. The number of aliphatic hydroxyl groups is 1. The average Bonchev–Trinajstić information content (AvgIpc) is 3.71. The van der Waals surface area contributed by atoms with E-state index in [-0.39, 0.29) is 48.6 Å². The zero-order valence-electron chi connectivity index (χ0n) is 32.0. The Kier molecular flexibility index (Phi) is 12.7. The maximum atomic E-state index is 15.1. The van der Waals surface area contributed by atoms with Gasteiger partial charge < -0.3 is 29.7 Å². The van der Waals surface area contributed by atoms with Gasteiger partial charge in [0.15, 0.2) is 0 Å². The van der Waals surface area contributed by atoms with Gasteiger partial charge in [-0.3, -0.25) is 19.2 Å². The van der Waals surface area contributed by atoms with Gasteiger partial charge in [0.1, 0.15) is 17.7 Å². The molecular formula is C41H61N3O7. The first-order valence-corrected chi connectivity index (χ1v) is 18.7. The number of carbonyl (C=O) groups excluding carboxylic acids is 4. The number of likely N-dealkylation sites (tertiary alicyclic amines) is 1. The lowest BCUT2D eigenvalue weighted by atomic mass is 9.70. The molecule has 3 amide bonds. The fourth-order valence-corrected chi connectivity index (χ4v) is 9.06. The van der Waals surface area contributed by atoms with Crippen molar-refractivity contribution >= 4 is 23.7 Å². The van der Waals surface area contributed by atoms with Gasteiger partial charge in [-0.25, -0.2) is 0 Å². The summed E-state index contributed by atoms with van der Waals surface area (Å²) in [6, 6.07) is 6.94. The molecule has 3 aliphatic heterocycles. The van der Waals surface area contributed by atoms with Gasteiger partial charge >= 0.3 is 5.97 Å². The molecule has 0 unspecified atom stereocenters. The maximum Gasteiger partial charge on any atom is 0.313 e. The Hall–Kier alpha value is -3.50. The molecule has 2 bridgehead atoms. The van der Waals surface area contributed by atoms with Crippen LogP contribution in [0.3, 0.4) is 0 Å². The Labute approximate surface area is 305 Å². The molecule has 282 valence electrons. The van der Waals surface area contributed by atoms with Gasteiger partial charge in [-0.05, 0) is 63.4 Å². The number of hydrogen-bond acceptors (Lipinski definition) is 7. The van der Waals surface area contributed by atoms with E-state index >= 15 is 4.79 Å². The van der Waals surface area contributed by atoms with E-state index in [1.807, 2.05) is 58.0 Å². The van der Waals surface area contributed by atoms with Crippen LogP contribution in [0.2, 0.25) is 0 Å². The maximum absolute atomic E-state index is 15.1. The molecule has 51 heavy (non-hydrogen) atoms. The number of nitrogens with zero attached hydrogens (tertiary/aromatic N) is 2. The van der Waals surface area contributed by atoms with Crippen molar-refractivity contribution in [2.75, 3.05) is 13.2 Å². The highest BCUT2D eigenvalue weighted by molar-refractivity contribution is 5.98. The zero-order valence-corrected chi connectivity index (χ0v) is 32.0. The first-order valence-electron chi connectivity index (χ1n) is 18.7. The summed E-state index contributed by atoms with van der Waals surface area (Å²) >= 11 is 0. The number of hydrogen-bond donors (Lipinski definition) is 2. The molecule has 0 radical (unpaired) electrons. The second kappa shape index (κ2) is 16.0. The fraction of sp³-hybridized carbons (Fsp3) is 0.659. The molecule has 9 atom stereocenters. The van der Waals surface area contributed by atoms with Gasteiger partial charge in [-0.15, -0.1) is 13.2 Å². The zero-order chi connectivity index (χ0) is 37.9. The van der Waals surface area contributed by atoms with Gasteiger partial charge in [0, 0.05) is 18.5 Å². The SMILES string of the molecule is C=CCCC(=O)N[C@H](C)[C@@H](OC(=O)[C@@H]1[C@@H]2CC[C@]3(O2)[C@H](C(=O)N(CC=C)C(C)(C)CC(C)(C)C)N([C@@H](CO)[C@@H](C)CC)C(=O)[C@@H]13)c1ccccc1. The monoisotopic (exact) mass is 707 g/mol. The van der Waals surface area contributed by atoms with E-state index in [4.69, 9.17) is 9.47 Å². The summed E-state index contributed by atoms with van der Waals surface area (Å²) in [6.45, 7) is 23.8. The van der Waals surface area contributed by atoms with Crippen molar-refractivity contribution in [3.63, 3.8) is 0 Å². The van der Waals surface area contributed by atoms with Crippen molar-refractivity contribution in [3.05, 3.63) is 61.2 Å². The van der Waals surface area contributed by atoms with Crippen molar-refractivity contribution < 1.29 is 33.8 Å². The normalized spacial score (nSPS) is 26.5. The largest absolute Gasteiger partial charge is 0.455 e. The van der Waals surface area contributed by atoms with Crippen LogP contribution in [0.4, 0.5) is 0 Å². The Morgan fingerprint density at radius 3 is 2.37 bits per heavy atom. The third-order valence-electron chi connectivity index (χ3n) is 11.2. The van der Waals surface area contributed by atoms with E-state index in [1.165, 1.54) is 0 Å². The molecule has 3 saturated heterocycles. The molecule has 1 aromatic rings. The molecular weight excluding hydrogens is 646 g/mol. The number of amides is 3. The van der Waals surface area contributed by atoms with Crippen LogP contribution in [0.15, 0.2) is 55.6 Å². The molecule has 0 aliphatic carbocycles. The summed E-state index contributed by atoms with van der Waals surface area (Å²) < 4.78 is 13.1. The van der Waals surface area contributed by atoms with Crippen LogP contribution in [0.25, 0.3) is 0 Å². The highest BCUT2D eigenvalue weighted by Crippen LogP contribution is 2.60. The Morgan fingerprint density at radius 2 is 1.80 bits per heavy atom. The van der Waals surface area contributed by atoms with Crippen LogP contribution in [0.1, 0.15) is 106 Å². The second-order valence-electron chi connectivity index (χ2n) is 16.7. The number of carbonyl (C=O) groups is 4. The first kappa shape index (κ1) is 40.3. The minimum absolute atomic E-state index is 0.103. The van der Waals surface area contributed by atoms with Crippen molar-refractivity contribution in [2.45, 2.75) is 135 Å². The van der Waals surface area contributed by atoms with Crippen LogP contribution in [-0.2, 0) is 28.7 Å². The molecule has 0 aromatic heterocycles. The predicted octanol–water partition coefficient (Wildman–Crippen LogP) is 5.75. The Morgan fingerprint density at radius 1 is 1.14 bits per heavy atom. The Bertz CT molecular complexity index is 1440. The van der Waals surface area contributed by atoms with E-state index < -0.39 is 59.3 Å². The molecule has 2 N–H and O–H groups in total. The lowest BCUT2D eigenvalue weighted by Gasteiger charge is -2.47. The van der Waals surface area contributed by atoms with E-state index in [2.05, 4.69) is 39.2 Å². The van der Waals surface area contributed by atoms with Gasteiger partial charge in [0.25, 0.3) is 0 Å². The van der Waals surface area contributed by atoms with Gasteiger partial charge in [-0.1, -0.05) is 83.5 Å². The van der Waals surface area contributed by atoms with E-state index in [0.29, 0.717) is 37.7 Å². The standard InChI is InChI=1S/C41H61N3O7/c1-11-14-20-31(46)42-27(5)34(28-18-16-15-17-19-28)50-38(49)32-30-21-22-41(51-30)33(32)36(47)44(29(24-45)26(4)13-3)35(41)37(48)43(23-12-2)40(9,10)25-39(6,7)8/h11-12,15-19,26-27,29-30,32-35,45H,1-2,13-14,20-25H2,3-10H3,(H,42,46)/t26-,27+,29-,30-,32+,33+,34+,35-,41+/m0/s1. The second-order valence-corrected chi connectivity index (χ2v) is 16.7. The summed E-state index contributed by atoms with van der Waals surface area (Å²) in [5.41, 5.74) is -1.28. The molecule has 3 aliphatic rings. The van der Waals surface area contributed by atoms with E-state index in [1.54, 1.807) is 28.9 Å². The third-order valence-corrected chi connectivity index (χ3v) is 11.2. The summed E-state index contributed by atoms with van der Waals surface area (Å²) in [4.78, 5) is 60.6. The number of esters is 1. The molecule has 4 rings (SSSR count). The fourth-order valence-electron chi connectivity index (χ4n) is 9.06. The van der Waals surface area contributed by atoms with Crippen LogP contribution < -0.4 is 5.32 Å². The first-order chi connectivity index (χ1) is 24.0. The molecule has 1 aromatic carbocycles. The van der Waals surface area contributed by atoms with E-state index in [9.17, 15) is 19.5 Å². The molecule has 0 saturated carbocycles. The summed E-state index contributed by atoms with van der Waals surface area (Å²) in [6.07, 6.45) is 4.94. The van der Waals surface area contributed by atoms with Crippen molar-refractivity contribution in [3.8, 4) is 0 Å². The smallest absolute Gasteiger partial charge is 0.313 e. The number of fused-ring (bicyclic) bond motifs is 1. The van der Waals surface area contributed by atoms with Crippen LogP contribution in [-0.4, -0.2) is 87.1 Å². The number of nitrogens with one attached hydrogen (secondary N) is 1. The van der Waals surface area contributed by atoms with Crippen molar-refractivity contribution in [1.82, 2.24) is 15.1 Å². The highest BCUT2D eigenvalue weighted by atomic mass is 16.6. The van der Waals surface area contributed by atoms with Gasteiger partial charge in [0.05, 0.1) is 36.6 Å². The summed E-state index contributed by atoms with van der Waals surface area (Å²) in [7, 11) is 0. The number of benzene rings is 1. The quantitative estimate of drug-likeness (QED) is 0.156. The summed E-state index contributed by atoms with van der Waals surface area (Å²) in [5, 5.41) is 13.8. The van der Waals surface area contributed by atoms with Gasteiger partial charge in [0.2, 0.25) is 17.7 Å². The number of aliphatic hydroxyl groups excluding tert-OH is 1. The third kappa shape index (κ3) is 8.12. The van der Waals surface area contributed by atoms with Crippen molar-refractivity contribution in [2.24, 2.45) is 23.2 Å². The molecule has 10 heteroatoms.